The monoisotopic (exact) mass is 438 g/mol. The second-order valence-corrected chi connectivity index (χ2v) is 8.25. The number of nitrogens with zero attached hydrogens (tertiary/aromatic N) is 1. The minimum Gasteiger partial charge on any atom is -0.493 e. The van der Waals surface area contributed by atoms with Crippen LogP contribution in [0.1, 0.15) is 15.9 Å². The van der Waals surface area contributed by atoms with Gasteiger partial charge in [-0.1, -0.05) is 42.1 Å². The zero-order valence-electron chi connectivity index (χ0n) is 16.4. The molecule has 8 heteroatoms. The van der Waals surface area contributed by atoms with E-state index in [9.17, 15) is 19.3 Å². The Morgan fingerprint density at radius 3 is 2.71 bits per heavy atom. The number of para-hydroxylation sites is 1. The lowest BCUT2D eigenvalue weighted by molar-refractivity contribution is -0.384. The van der Waals surface area contributed by atoms with Crippen LogP contribution in [0.15, 0.2) is 76.5 Å². The number of nitro groups is 1. The van der Waals surface area contributed by atoms with E-state index in [1.165, 1.54) is 24.3 Å². The number of carbonyl (C=O) groups is 1. The Morgan fingerprint density at radius 1 is 1.13 bits per heavy atom. The summed E-state index contributed by atoms with van der Waals surface area (Å²) in [5.41, 5.74) is 1.02. The Bertz CT molecular complexity index is 1140. The summed E-state index contributed by atoms with van der Waals surface area (Å²) in [7, 11) is 0. The van der Waals surface area contributed by atoms with Crippen LogP contribution in [0, 0.1) is 21.8 Å². The molecule has 1 aliphatic heterocycles. The van der Waals surface area contributed by atoms with Crippen molar-refractivity contribution in [3.63, 3.8) is 0 Å². The molecule has 1 atom stereocenters. The molecule has 1 heterocycles. The first-order valence-corrected chi connectivity index (χ1v) is 10.5. The summed E-state index contributed by atoms with van der Waals surface area (Å²) in [5, 5.41) is 14.1. The predicted octanol–water partition coefficient (Wildman–Crippen LogP) is 4.87. The van der Waals surface area contributed by atoms with Gasteiger partial charge in [0.1, 0.15) is 11.6 Å². The second-order valence-electron chi connectivity index (χ2n) is 7.17. The number of benzene rings is 3. The Kier molecular flexibility index (Phi) is 6.18. The van der Waals surface area contributed by atoms with Gasteiger partial charge in [-0.15, -0.1) is 0 Å². The van der Waals surface area contributed by atoms with Crippen LogP contribution in [-0.4, -0.2) is 24.0 Å². The zero-order chi connectivity index (χ0) is 21.8. The standard InChI is InChI=1S/C23H19FN2O4S/c24-19-6-2-4-8-22(19)31-21-10-9-17(26(28)29)12-18(21)23(27)25-13-15-11-16-5-1-3-7-20(16)30-14-15/h1-10,12,15H,11,13-14H2,(H,25,27). The lowest BCUT2D eigenvalue weighted by Crippen LogP contribution is -2.35. The molecule has 1 amide bonds. The fourth-order valence-corrected chi connectivity index (χ4v) is 4.34. The number of hydrogen-bond donors (Lipinski definition) is 1. The number of carbonyl (C=O) groups excluding carboxylic acids is 1. The van der Waals surface area contributed by atoms with E-state index in [0.29, 0.717) is 22.9 Å². The largest absolute Gasteiger partial charge is 0.493 e. The number of nitrogens with one attached hydrogen (secondary N) is 1. The highest BCUT2D eigenvalue weighted by molar-refractivity contribution is 7.99. The number of fused-ring (bicyclic) bond motifs is 1. The summed E-state index contributed by atoms with van der Waals surface area (Å²) in [5.74, 6) is 0.0733. The number of ether oxygens (including phenoxy) is 1. The maximum atomic E-state index is 14.1. The molecule has 3 aromatic carbocycles. The van der Waals surface area contributed by atoms with Gasteiger partial charge < -0.3 is 10.1 Å². The molecule has 1 aliphatic rings. The van der Waals surface area contributed by atoms with Crippen molar-refractivity contribution in [1.82, 2.24) is 5.32 Å². The zero-order valence-corrected chi connectivity index (χ0v) is 17.2. The number of halogens is 1. The number of amides is 1. The van der Waals surface area contributed by atoms with Gasteiger partial charge in [-0.2, -0.15) is 0 Å². The van der Waals surface area contributed by atoms with Gasteiger partial charge in [-0.25, -0.2) is 4.39 Å². The molecule has 1 N–H and O–H groups in total. The summed E-state index contributed by atoms with van der Waals surface area (Å²) in [6.07, 6.45) is 0.766. The van der Waals surface area contributed by atoms with E-state index in [1.807, 2.05) is 24.3 Å². The minimum atomic E-state index is -0.555. The normalized spacial score (nSPS) is 14.9. The molecular weight excluding hydrogens is 419 g/mol. The van der Waals surface area contributed by atoms with E-state index in [0.717, 1.165) is 29.5 Å². The fourth-order valence-electron chi connectivity index (χ4n) is 3.40. The van der Waals surface area contributed by atoms with Gasteiger partial charge in [0.2, 0.25) is 0 Å². The van der Waals surface area contributed by atoms with E-state index < -0.39 is 16.6 Å². The first-order chi connectivity index (χ1) is 15.0. The summed E-state index contributed by atoms with van der Waals surface area (Å²) in [6.45, 7) is 0.836. The Hall–Kier alpha value is -3.39. The minimum absolute atomic E-state index is 0.0835. The van der Waals surface area contributed by atoms with Gasteiger partial charge in [0, 0.05) is 34.4 Å². The molecule has 0 spiro atoms. The average molecular weight is 438 g/mol. The van der Waals surface area contributed by atoms with Crippen molar-refractivity contribution in [2.75, 3.05) is 13.2 Å². The molecule has 4 rings (SSSR count). The van der Waals surface area contributed by atoms with E-state index >= 15 is 0 Å². The quantitative estimate of drug-likeness (QED) is 0.439. The molecule has 0 fully saturated rings. The molecule has 1 unspecified atom stereocenters. The SMILES string of the molecule is O=C(NCC1COc2ccccc2C1)c1cc([N+](=O)[O-])ccc1Sc1ccccc1F. The first-order valence-electron chi connectivity index (χ1n) is 9.71. The van der Waals surface area contributed by atoms with Crippen molar-refractivity contribution in [3.8, 4) is 5.75 Å². The van der Waals surface area contributed by atoms with Crippen LogP contribution >= 0.6 is 11.8 Å². The molecule has 31 heavy (non-hydrogen) atoms. The van der Waals surface area contributed by atoms with Crippen molar-refractivity contribution in [2.45, 2.75) is 16.2 Å². The number of nitro benzene ring substituents is 1. The van der Waals surface area contributed by atoms with Crippen LogP contribution in [0.5, 0.6) is 5.75 Å². The maximum Gasteiger partial charge on any atom is 0.270 e. The average Bonchev–Trinajstić information content (AvgIpc) is 2.79. The lowest BCUT2D eigenvalue weighted by atomic mass is 9.96. The summed E-state index contributed by atoms with van der Waals surface area (Å²) >= 11 is 1.06. The van der Waals surface area contributed by atoms with Crippen molar-refractivity contribution < 1.29 is 18.8 Å². The van der Waals surface area contributed by atoms with E-state index in [2.05, 4.69) is 5.32 Å². The van der Waals surface area contributed by atoms with Crippen LogP contribution < -0.4 is 10.1 Å². The third-order valence-electron chi connectivity index (χ3n) is 4.98. The first kappa shape index (κ1) is 20.9. The Balaban J connectivity index is 1.51. The maximum absolute atomic E-state index is 14.1. The molecule has 6 nitrogen and oxygen atoms in total. The number of non-ortho nitro benzene ring substituents is 1. The molecule has 0 aromatic heterocycles. The topological polar surface area (TPSA) is 81.5 Å². The van der Waals surface area contributed by atoms with Crippen molar-refractivity contribution in [2.24, 2.45) is 5.92 Å². The summed E-state index contributed by atoms with van der Waals surface area (Å²) < 4.78 is 19.8. The van der Waals surface area contributed by atoms with Gasteiger partial charge in [-0.05, 0) is 36.2 Å². The molecule has 0 bridgehead atoms. The van der Waals surface area contributed by atoms with Crippen LogP contribution in [-0.2, 0) is 6.42 Å². The smallest absolute Gasteiger partial charge is 0.270 e. The van der Waals surface area contributed by atoms with E-state index in [4.69, 9.17) is 4.74 Å². The molecular formula is C23H19FN2O4S. The van der Waals surface area contributed by atoms with E-state index in [1.54, 1.807) is 18.2 Å². The number of rotatable bonds is 6. The van der Waals surface area contributed by atoms with Crippen LogP contribution in [0.2, 0.25) is 0 Å². The van der Waals surface area contributed by atoms with Gasteiger partial charge in [-0.3, -0.25) is 14.9 Å². The molecule has 3 aromatic rings. The molecule has 0 saturated carbocycles. The van der Waals surface area contributed by atoms with Crippen LogP contribution in [0.25, 0.3) is 0 Å². The summed E-state index contributed by atoms with van der Waals surface area (Å²) in [4.78, 5) is 24.4. The highest BCUT2D eigenvalue weighted by Gasteiger charge is 2.22. The van der Waals surface area contributed by atoms with Crippen molar-refractivity contribution >= 4 is 23.4 Å². The molecule has 158 valence electrons. The van der Waals surface area contributed by atoms with Crippen LogP contribution in [0.3, 0.4) is 0 Å². The van der Waals surface area contributed by atoms with Gasteiger partial charge in [0.05, 0.1) is 17.1 Å². The molecule has 0 aliphatic carbocycles. The Labute approximate surface area is 182 Å². The molecule has 0 radical (unpaired) electrons. The third kappa shape index (κ3) is 4.86. The van der Waals surface area contributed by atoms with Crippen LogP contribution in [0.4, 0.5) is 10.1 Å². The van der Waals surface area contributed by atoms with E-state index in [-0.39, 0.29) is 17.2 Å². The van der Waals surface area contributed by atoms with Gasteiger partial charge in [0.25, 0.3) is 11.6 Å². The second kappa shape index (κ2) is 9.18. The Morgan fingerprint density at radius 2 is 1.90 bits per heavy atom. The van der Waals surface area contributed by atoms with Crippen molar-refractivity contribution in [1.29, 1.82) is 0 Å². The number of hydrogen-bond acceptors (Lipinski definition) is 5. The third-order valence-corrected chi connectivity index (χ3v) is 6.11. The van der Waals surface area contributed by atoms with Gasteiger partial charge in [0.15, 0.2) is 0 Å². The van der Waals surface area contributed by atoms with Gasteiger partial charge >= 0.3 is 0 Å². The fraction of sp³-hybridized carbons (Fsp3) is 0.174. The summed E-state index contributed by atoms with van der Waals surface area (Å²) in [6, 6.07) is 18.0. The lowest BCUT2D eigenvalue weighted by Gasteiger charge is -2.25. The predicted molar refractivity (Wildman–Crippen MR) is 115 cm³/mol. The highest BCUT2D eigenvalue weighted by atomic mass is 32.2. The molecule has 0 saturated heterocycles. The van der Waals surface area contributed by atoms with Crippen molar-refractivity contribution in [3.05, 3.63) is 93.8 Å². The highest BCUT2D eigenvalue weighted by Crippen LogP contribution is 2.34.